The summed E-state index contributed by atoms with van der Waals surface area (Å²) >= 11 is 0. The third-order valence-corrected chi connectivity index (χ3v) is 4.25. The van der Waals surface area contributed by atoms with Crippen LogP contribution in [0.25, 0.3) is 0 Å². The number of para-hydroxylation sites is 1. The van der Waals surface area contributed by atoms with Crippen LogP contribution in [0.3, 0.4) is 0 Å². The zero-order chi connectivity index (χ0) is 21.1. The van der Waals surface area contributed by atoms with E-state index in [2.05, 4.69) is 25.8 Å². The molecule has 0 aliphatic heterocycles. The lowest BCUT2D eigenvalue weighted by Gasteiger charge is -2.18. The highest BCUT2D eigenvalue weighted by atomic mass is 127. The van der Waals surface area contributed by atoms with Crippen molar-refractivity contribution in [3.63, 3.8) is 0 Å². The summed E-state index contributed by atoms with van der Waals surface area (Å²) in [5.41, 5.74) is 0. The van der Waals surface area contributed by atoms with Gasteiger partial charge in [-0.2, -0.15) is 0 Å². The summed E-state index contributed by atoms with van der Waals surface area (Å²) in [4.78, 5) is 4.58. The standard InChI is InChI=1S/C20H31FN6O2.HI/c1-5-28-12-8-11-22-20(24-14-19-26-25-16(3)27(19)4)23-13-15(2)29-18-10-7-6-9-17(18)21;/h6-7,9-10,15H,5,8,11-14H2,1-4H3,(H2,22,23,24);1H. The first-order valence-corrected chi connectivity index (χ1v) is 9.87. The lowest BCUT2D eigenvalue weighted by molar-refractivity contribution is 0.145. The molecular weight excluding hydrogens is 502 g/mol. The topological polar surface area (TPSA) is 85.6 Å². The van der Waals surface area contributed by atoms with Crippen molar-refractivity contribution in [2.75, 3.05) is 26.3 Å². The minimum Gasteiger partial charge on any atom is -0.486 e. The summed E-state index contributed by atoms with van der Waals surface area (Å²) in [6.45, 7) is 8.70. The molecule has 0 saturated heterocycles. The summed E-state index contributed by atoms with van der Waals surface area (Å²) < 4.78 is 26.7. The summed E-state index contributed by atoms with van der Waals surface area (Å²) in [6.07, 6.45) is 0.609. The first-order chi connectivity index (χ1) is 14.0. The zero-order valence-electron chi connectivity index (χ0n) is 18.0. The Morgan fingerprint density at radius 3 is 2.70 bits per heavy atom. The number of nitrogens with one attached hydrogen (secondary N) is 2. The van der Waals surface area contributed by atoms with Crippen LogP contribution in [0.2, 0.25) is 0 Å². The number of nitrogens with zero attached hydrogens (tertiary/aromatic N) is 4. The second kappa shape index (κ2) is 14.1. The third-order valence-electron chi connectivity index (χ3n) is 4.25. The number of halogens is 2. The fourth-order valence-corrected chi connectivity index (χ4v) is 2.48. The molecule has 1 unspecified atom stereocenters. The molecule has 1 aromatic carbocycles. The maximum atomic E-state index is 13.8. The normalized spacial score (nSPS) is 12.2. The van der Waals surface area contributed by atoms with Gasteiger partial charge in [0.05, 0.1) is 6.54 Å². The highest BCUT2D eigenvalue weighted by molar-refractivity contribution is 14.0. The molecule has 1 atom stereocenters. The molecule has 168 valence electrons. The predicted octanol–water partition coefficient (Wildman–Crippen LogP) is 2.81. The fraction of sp³-hybridized carbons (Fsp3) is 0.550. The van der Waals surface area contributed by atoms with Crippen LogP contribution in [-0.4, -0.2) is 53.1 Å². The largest absolute Gasteiger partial charge is 0.486 e. The average Bonchev–Trinajstić information content (AvgIpc) is 3.03. The summed E-state index contributed by atoms with van der Waals surface area (Å²) in [5.74, 6) is 2.10. The van der Waals surface area contributed by atoms with Crippen LogP contribution < -0.4 is 15.4 Å². The van der Waals surface area contributed by atoms with E-state index in [0.29, 0.717) is 38.8 Å². The Morgan fingerprint density at radius 1 is 1.27 bits per heavy atom. The Morgan fingerprint density at radius 2 is 2.03 bits per heavy atom. The Labute approximate surface area is 194 Å². The lowest BCUT2D eigenvalue weighted by atomic mass is 10.3. The van der Waals surface area contributed by atoms with Crippen molar-refractivity contribution in [2.24, 2.45) is 12.0 Å². The summed E-state index contributed by atoms with van der Waals surface area (Å²) in [6, 6.07) is 6.37. The first-order valence-electron chi connectivity index (χ1n) is 9.87. The van der Waals surface area contributed by atoms with Crippen molar-refractivity contribution < 1.29 is 13.9 Å². The summed E-state index contributed by atoms with van der Waals surface area (Å²) in [5, 5.41) is 14.7. The van der Waals surface area contributed by atoms with Crippen LogP contribution in [0.5, 0.6) is 5.75 Å². The first kappa shape index (κ1) is 26.1. The second-order valence-corrected chi connectivity index (χ2v) is 6.60. The van der Waals surface area contributed by atoms with Gasteiger partial charge < -0.3 is 24.7 Å². The van der Waals surface area contributed by atoms with E-state index in [-0.39, 0.29) is 41.6 Å². The van der Waals surface area contributed by atoms with E-state index in [9.17, 15) is 4.39 Å². The highest BCUT2D eigenvalue weighted by Crippen LogP contribution is 2.16. The van der Waals surface area contributed by atoms with E-state index >= 15 is 0 Å². The van der Waals surface area contributed by atoms with Gasteiger partial charge in [-0.1, -0.05) is 12.1 Å². The minimum absolute atomic E-state index is 0. The van der Waals surface area contributed by atoms with Gasteiger partial charge >= 0.3 is 0 Å². The molecule has 1 heterocycles. The van der Waals surface area contributed by atoms with Crippen molar-refractivity contribution in [3.8, 4) is 5.75 Å². The van der Waals surface area contributed by atoms with Gasteiger partial charge in [-0.15, -0.1) is 34.2 Å². The van der Waals surface area contributed by atoms with Gasteiger partial charge in [0, 0.05) is 26.8 Å². The van der Waals surface area contributed by atoms with E-state index in [1.807, 2.05) is 32.4 Å². The Balaban J connectivity index is 0.00000450. The van der Waals surface area contributed by atoms with E-state index in [0.717, 1.165) is 18.1 Å². The van der Waals surface area contributed by atoms with Crippen LogP contribution in [0.4, 0.5) is 4.39 Å². The molecule has 0 amide bonds. The van der Waals surface area contributed by atoms with Crippen LogP contribution in [-0.2, 0) is 18.3 Å². The van der Waals surface area contributed by atoms with Crippen LogP contribution in [0, 0.1) is 12.7 Å². The molecule has 0 aliphatic carbocycles. The number of aromatic nitrogens is 3. The Kier molecular flexibility index (Phi) is 12.3. The van der Waals surface area contributed by atoms with E-state index in [1.54, 1.807) is 18.2 Å². The van der Waals surface area contributed by atoms with Gasteiger partial charge in [0.25, 0.3) is 0 Å². The minimum atomic E-state index is -0.375. The average molecular weight is 534 g/mol. The van der Waals surface area contributed by atoms with E-state index in [1.165, 1.54) is 6.07 Å². The smallest absolute Gasteiger partial charge is 0.191 e. The van der Waals surface area contributed by atoms with E-state index in [4.69, 9.17) is 9.47 Å². The molecule has 10 heteroatoms. The predicted molar refractivity (Wildman–Crippen MR) is 126 cm³/mol. The number of hydrogen-bond acceptors (Lipinski definition) is 5. The molecule has 0 spiro atoms. The number of guanidine groups is 1. The Bertz CT molecular complexity index is 786. The third kappa shape index (κ3) is 8.82. The molecule has 0 fully saturated rings. The molecule has 30 heavy (non-hydrogen) atoms. The number of aryl methyl sites for hydroxylation is 1. The number of hydrogen-bond donors (Lipinski definition) is 2. The number of benzene rings is 1. The van der Waals surface area contributed by atoms with Crippen LogP contribution in [0.1, 0.15) is 31.9 Å². The monoisotopic (exact) mass is 534 g/mol. The SMILES string of the molecule is CCOCCCNC(=NCc1nnc(C)n1C)NCC(C)Oc1ccccc1F.I. The van der Waals surface area contributed by atoms with Gasteiger partial charge in [0.1, 0.15) is 18.5 Å². The zero-order valence-corrected chi connectivity index (χ0v) is 20.4. The molecule has 0 saturated carbocycles. The molecule has 1 aromatic heterocycles. The van der Waals surface area contributed by atoms with Gasteiger partial charge in [0.2, 0.25) is 0 Å². The van der Waals surface area contributed by atoms with E-state index < -0.39 is 0 Å². The van der Waals surface area contributed by atoms with Crippen LogP contribution in [0.15, 0.2) is 29.3 Å². The van der Waals surface area contributed by atoms with Crippen molar-refractivity contribution in [1.29, 1.82) is 0 Å². The van der Waals surface area contributed by atoms with Crippen molar-refractivity contribution in [1.82, 2.24) is 25.4 Å². The van der Waals surface area contributed by atoms with Crippen LogP contribution >= 0.6 is 24.0 Å². The maximum absolute atomic E-state index is 13.8. The molecule has 0 radical (unpaired) electrons. The number of aliphatic imine (C=N–C) groups is 1. The van der Waals surface area contributed by atoms with Crippen molar-refractivity contribution in [3.05, 3.63) is 41.7 Å². The quantitative estimate of drug-likeness (QED) is 0.200. The maximum Gasteiger partial charge on any atom is 0.191 e. The number of rotatable bonds is 11. The van der Waals surface area contributed by atoms with Crippen molar-refractivity contribution >= 4 is 29.9 Å². The molecule has 0 bridgehead atoms. The number of ether oxygens (including phenoxy) is 2. The molecule has 2 aromatic rings. The molecule has 0 aliphatic rings. The molecule has 2 N–H and O–H groups in total. The fourth-order valence-electron chi connectivity index (χ4n) is 2.48. The van der Waals surface area contributed by atoms with Gasteiger partial charge in [0.15, 0.2) is 23.4 Å². The lowest BCUT2D eigenvalue weighted by Crippen LogP contribution is -2.42. The second-order valence-electron chi connectivity index (χ2n) is 6.60. The highest BCUT2D eigenvalue weighted by Gasteiger charge is 2.10. The summed E-state index contributed by atoms with van der Waals surface area (Å²) in [7, 11) is 1.91. The molecular formula is C20H32FIN6O2. The molecule has 8 nitrogen and oxygen atoms in total. The van der Waals surface area contributed by atoms with Crippen molar-refractivity contribution in [2.45, 2.75) is 39.8 Å². The molecule has 2 rings (SSSR count). The van der Waals surface area contributed by atoms with Gasteiger partial charge in [-0.05, 0) is 39.3 Å². The Hall–Kier alpha value is -1.95. The van der Waals surface area contributed by atoms with Gasteiger partial charge in [-0.3, -0.25) is 0 Å². The van der Waals surface area contributed by atoms with Gasteiger partial charge in [-0.25, -0.2) is 9.38 Å².